The van der Waals surface area contributed by atoms with Gasteiger partial charge in [-0.2, -0.15) is 0 Å². The summed E-state index contributed by atoms with van der Waals surface area (Å²) in [6, 6.07) is 4.82. The third-order valence-electron chi connectivity index (χ3n) is 5.56. The number of rotatable bonds is 7. The molecule has 0 spiro atoms. The van der Waals surface area contributed by atoms with Gasteiger partial charge >= 0.3 is 0 Å². The van der Waals surface area contributed by atoms with Crippen molar-refractivity contribution in [3.05, 3.63) is 23.8 Å². The highest BCUT2D eigenvalue weighted by Crippen LogP contribution is 2.32. The third kappa shape index (κ3) is 5.74. The van der Waals surface area contributed by atoms with Gasteiger partial charge in [0.1, 0.15) is 25.1 Å². The van der Waals surface area contributed by atoms with Crippen LogP contribution in [0.4, 0.5) is 5.69 Å². The van der Waals surface area contributed by atoms with Crippen molar-refractivity contribution >= 4 is 23.4 Å². The minimum absolute atomic E-state index is 0.0186. The molecule has 0 bridgehead atoms. The summed E-state index contributed by atoms with van der Waals surface area (Å²) < 4.78 is 16.9. The van der Waals surface area contributed by atoms with Crippen molar-refractivity contribution in [3.63, 3.8) is 0 Å². The SMILES string of the molecule is CCCNC(=O)C[C@@H]1CC[C@H]2[C@@H](COc3ccc(NC(=O)COC)cc3C(=O)N2C)O1. The first-order valence-corrected chi connectivity index (χ1v) is 10.7. The first kappa shape index (κ1) is 23.0. The molecule has 2 aliphatic rings. The maximum atomic E-state index is 13.2. The number of benzene rings is 1. The van der Waals surface area contributed by atoms with Crippen molar-refractivity contribution < 1.29 is 28.6 Å². The molecule has 1 saturated heterocycles. The van der Waals surface area contributed by atoms with Gasteiger partial charge in [-0.05, 0) is 37.5 Å². The highest BCUT2D eigenvalue weighted by Gasteiger charge is 2.39. The molecule has 9 nitrogen and oxygen atoms in total. The van der Waals surface area contributed by atoms with Crippen LogP contribution >= 0.6 is 0 Å². The normalized spacial score (nSPS) is 23.0. The van der Waals surface area contributed by atoms with E-state index in [9.17, 15) is 14.4 Å². The van der Waals surface area contributed by atoms with Crippen molar-refractivity contribution in [2.24, 2.45) is 0 Å². The van der Waals surface area contributed by atoms with Gasteiger partial charge in [0.2, 0.25) is 11.8 Å². The Bertz CT molecular complexity index is 814. The number of carbonyl (C=O) groups excluding carboxylic acids is 3. The summed E-state index contributed by atoms with van der Waals surface area (Å²) in [7, 11) is 3.19. The Kier molecular flexibility index (Phi) is 7.86. The molecule has 9 heteroatoms. The highest BCUT2D eigenvalue weighted by molar-refractivity contribution is 6.00. The minimum Gasteiger partial charge on any atom is -0.490 e. The lowest BCUT2D eigenvalue weighted by atomic mass is 9.94. The summed E-state index contributed by atoms with van der Waals surface area (Å²) in [6.45, 7) is 2.87. The second-order valence-corrected chi connectivity index (χ2v) is 7.91. The first-order chi connectivity index (χ1) is 14.9. The summed E-state index contributed by atoms with van der Waals surface area (Å²) in [6.07, 6.45) is 2.10. The van der Waals surface area contributed by atoms with E-state index in [2.05, 4.69) is 10.6 Å². The van der Waals surface area contributed by atoms with Gasteiger partial charge in [-0.1, -0.05) is 6.92 Å². The van der Waals surface area contributed by atoms with Crippen molar-refractivity contribution in [3.8, 4) is 5.75 Å². The predicted molar refractivity (Wildman–Crippen MR) is 114 cm³/mol. The summed E-state index contributed by atoms with van der Waals surface area (Å²) >= 11 is 0. The lowest BCUT2D eigenvalue weighted by Gasteiger charge is -2.42. The smallest absolute Gasteiger partial charge is 0.257 e. The number of nitrogens with zero attached hydrogens (tertiary/aromatic N) is 1. The van der Waals surface area contributed by atoms with E-state index in [1.165, 1.54) is 7.11 Å². The van der Waals surface area contributed by atoms with E-state index in [4.69, 9.17) is 14.2 Å². The Morgan fingerprint density at radius 3 is 2.81 bits per heavy atom. The average Bonchev–Trinajstić information content (AvgIpc) is 2.75. The molecule has 3 rings (SSSR count). The molecule has 2 heterocycles. The van der Waals surface area contributed by atoms with Crippen molar-refractivity contribution in [1.29, 1.82) is 0 Å². The van der Waals surface area contributed by atoms with E-state index in [-0.39, 0.29) is 49.2 Å². The molecule has 2 N–H and O–H groups in total. The standard InChI is InChI=1S/C22H31N3O6/c1-4-9-23-20(26)11-15-6-7-17-19(31-15)12-30-18-8-5-14(24-21(27)13-29-3)10-16(18)22(28)25(17)2/h5,8,10,15,17,19H,4,6-7,9,11-13H2,1-3H3,(H,23,26)(H,24,27)/t15-,17-,19+/m0/s1. The zero-order valence-electron chi connectivity index (χ0n) is 18.3. The topological polar surface area (TPSA) is 106 Å². The largest absolute Gasteiger partial charge is 0.490 e. The average molecular weight is 434 g/mol. The van der Waals surface area contributed by atoms with Gasteiger partial charge in [0.05, 0.1) is 24.1 Å². The number of nitrogens with one attached hydrogen (secondary N) is 2. The van der Waals surface area contributed by atoms with Crippen LogP contribution in [0.25, 0.3) is 0 Å². The van der Waals surface area contributed by atoms with Crippen LogP contribution in [0.1, 0.15) is 43.0 Å². The van der Waals surface area contributed by atoms with Crippen LogP contribution in [-0.2, 0) is 19.1 Å². The molecule has 3 atom stereocenters. The van der Waals surface area contributed by atoms with Gasteiger partial charge < -0.3 is 29.7 Å². The molecular formula is C22H31N3O6. The van der Waals surface area contributed by atoms with E-state index in [0.29, 0.717) is 36.4 Å². The van der Waals surface area contributed by atoms with E-state index in [1.54, 1.807) is 30.1 Å². The number of fused-ring (bicyclic) bond motifs is 2. The maximum Gasteiger partial charge on any atom is 0.257 e. The fourth-order valence-corrected chi connectivity index (χ4v) is 3.98. The van der Waals surface area contributed by atoms with E-state index < -0.39 is 0 Å². The summed E-state index contributed by atoms with van der Waals surface area (Å²) in [5.74, 6) is -0.0820. The zero-order valence-corrected chi connectivity index (χ0v) is 18.3. The van der Waals surface area contributed by atoms with E-state index >= 15 is 0 Å². The lowest BCUT2D eigenvalue weighted by Crippen LogP contribution is -2.54. The number of hydrogen-bond donors (Lipinski definition) is 2. The third-order valence-corrected chi connectivity index (χ3v) is 5.56. The molecule has 1 fully saturated rings. The molecule has 0 radical (unpaired) electrons. The van der Waals surface area contributed by atoms with Crippen LogP contribution < -0.4 is 15.4 Å². The quantitative estimate of drug-likeness (QED) is 0.676. The molecule has 0 saturated carbocycles. The van der Waals surface area contributed by atoms with Crippen LogP contribution in [0.2, 0.25) is 0 Å². The van der Waals surface area contributed by atoms with Crippen LogP contribution in [-0.4, -0.2) is 74.8 Å². The first-order valence-electron chi connectivity index (χ1n) is 10.7. The van der Waals surface area contributed by atoms with Crippen LogP contribution in [0.5, 0.6) is 5.75 Å². The Morgan fingerprint density at radius 2 is 2.06 bits per heavy atom. The van der Waals surface area contributed by atoms with Crippen LogP contribution in [0.3, 0.4) is 0 Å². The number of hydrogen-bond acceptors (Lipinski definition) is 6. The van der Waals surface area contributed by atoms with Crippen molar-refractivity contribution in [2.45, 2.75) is 50.9 Å². The number of anilines is 1. The number of ether oxygens (including phenoxy) is 3. The zero-order chi connectivity index (χ0) is 22.4. The Balaban J connectivity index is 1.71. The maximum absolute atomic E-state index is 13.2. The molecule has 0 unspecified atom stereocenters. The van der Waals surface area contributed by atoms with Gasteiger partial charge in [0.15, 0.2) is 0 Å². The van der Waals surface area contributed by atoms with Gasteiger partial charge in [-0.25, -0.2) is 0 Å². The van der Waals surface area contributed by atoms with Gasteiger partial charge in [0.25, 0.3) is 5.91 Å². The number of amides is 3. The van der Waals surface area contributed by atoms with E-state index in [0.717, 1.165) is 12.8 Å². The molecule has 3 amide bonds. The lowest BCUT2D eigenvalue weighted by molar-refractivity contribution is -0.134. The van der Waals surface area contributed by atoms with Crippen molar-refractivity contribution in [1.82, 2.24) is 10.2 Å². The Morgan fingerprint density at radius 1 is 1.26 bits per heavy atom. The van der Waals surface area contributed by atoms with Gasteiger partial charge in [0, 0.05) is 26.4 Å². The monoisotopic (exact) mass is 433 g/mol. The van der Waals surface area contributed by atoms with Crippen LogP contribution in [0.15, 0.2) is 18.2 Å². The Labute approximate surface area is 182 Å². The Hall–Kier alpha value is -2.65. The summed E-state index contributed by atoms with van der Waals surface area (Å²) in [4.78, 5) is 38.7. The second-order valence-electron chi connectivity index (χ2n) is 7.91. The predicted octanol–water partition coefficient (Wildman–Crippen LogP) is 1.57. The molecule has 1 aromatic carbocycles. The molecule has 1 aromatic rings. The molecular weight excluding hydrogens is 402 g/mol. The molecule has 2 aliphatic heterocycles. The second kappa shape index (κ2) is 10.6. The number of methoxy groups -OCH3 is 1. The molecule has 170 valence electrons. The van der Waals surface area contributed by atoms with E-state index in [1.807, 2.05) is 6.92 Å². The van der Waals surface area contributed by atoms with Gasteiger partial charge in [-0.15, -0.1) is 0 Å². The van der Waals surface area contributed by atoms with Gasteiger partial charge in [-0.3, -0.25) is 14.4 Å². The minimum atomic E-state index is -0.319. The highest BCUT2D eigenvalue weighted by atomic mass is 16.5. The molecule has 0 aliphatic carbocycles. The number of carbonyl (C=O) groups is 3. The molecule has 31 heavy (non-hydrogen) atoms. The fourth-order valence-electron chi connectivity index (χ4n) is 3.98. The number of likely N-dealkylation sites (N-methyl/N-ethyl adjacent to an activating group) is 1. The molecule has 0 aromatic heterocycles. The van der Waals surface area contributed by atoms with Crippen molar-refractivity contribution in [2.75, 3.05) is 39.2 Å². The summed E-state index contributed by atoms with van der Waals surface area (Å²) in [5.41, 5.74) is 0.888. The fraction of sp³-hybridized carbons (Fsp3) is 0.591. The summed E-state index contributed by atoms with van der Waals surface area (Å²) in [5, 5.41) is 5.58. The van der Waals surface area contributed by atoms with Crippen LogP contribution in [0, 0.1) is 0 Å².